The number of rotatable bonds is 3. The highest BCUT2D eigenvalue weighted by atomic mass is 79.9. The predicted octanol–water partition coefficient (Wildman–Crippen LogP) is 2.89. The van der Waals surface area contributed by atoms with E-state index in [0.717, 1.165) is 21.5 Å². The van der Waals surface area contributed by atoms with E-state index in [0.29, 0.717) is 11.6 Å². The molecule has 0 amide bonds. The summed E-state index contributed by atoms with van der Waals surface area (Å²) in [5, 5.41) is 3.26. The topological polar surface area (TPSA) is 75.9 Å². The van der Waals surface area contributed by atoms with Gasteiger partial charge in [0.1, 0.15) is 17.5 Å². The van der Waals surface area contributed by atoms with Gasteiger partial charge in [0.2, 0.25) is 0 Å². The third kappa shape index (κ3) is 2.60. The second kappa shape index (κ2) is 5.32. The second-order valence-electron chi connectivity index (χ2n) is 3.84. The number of aryl methyl sites for hydroxylation is 1. The normalized spacial score (nSPS) is 10.2. The fourth-order valence-electron chi connectivity index (χ4n) is 1.58. The van der Waals surface area contributed by atoms with Crippen LogP contribution in [0.5, 0.6) is 0 Å². The van der Waals surface area contributed by atoms with Crippen LogP contribution in [-0.2, 0) is 0 Å². The first-order valence-electron chi connectivity index (χ1n) is 5.45. The number of para-hydroxylation sites is 1. The van der Waals surface area contributed by atoms with Crippen molar-refractivity contribution in [1.29, 1.82) is 0 Å². The van der Waals surface area contributed by atoms with Crippen LogP contribution in [0.25, 0.3) is 0 Å². The van der Waals surface area contributed by atoms with Gasteiger partial charge >= 0.3 is 0 Å². The Balaban J connectivity index is 2.40. The molecule has 1 heterocycles. The summed E-state index contributed by atoms with van der Waals surface area (Å²) in [5.41, 5.74) is 4.39. The van der Waals surface area contributed by atoms with Gasteiger partial charge in [-0.25, -0.2) is 15.8 Å². The van der Waals surface area contributed by atoms with Crippen LogP contribution in [0.1, 0.15) is 11.4 Å². The SMILES string of the molecule is Cc1nc(NN)c(C)c(Nc2ccccc2Br)n1. The lowest BCUT2D eigenvalue weighted by atomic mass is 10.2. The molecule has 0 aliphatic carbocycles. The molecule has 0 atom stereocenters. The Morgan fingerprint density at radius 2 is 1.78 bits per heavy atom. The molecule has 0 fully saturated rings. The third-order valence-electron chi connectivity index (χ3n) is 2.52. The molecule has 0 saturated carbocycles. The van der Waals surface area contributed by atoms with Crippen molar-refractivity contribution < 1.29 is 0 Å². The number of aromatic nitrogens is 2. The van der Waals surface area contributed by atoms with Crippen LogP contribution in [0.15, 0.2) is 28.7 Å². The molecule has 94 valence electrons. The van der Waals surface area contributed by atoms with Crippen molar-refractivity contribution >= 4 is 33.3 Å². The van der Waals surface area contributed by atoms with Gasteiger partial charge in [-0.15, -0.1) is 0 Å². The van der Waals surface area contributed by atoms with Crippen molar-refractivity contribution in [2.24, 2.45) is 5.84 Å². The Morgan fingerprint density at radius 1 is 1.11 bits per heavy atom. The predicted molar refractivity (Wildman–Crippen MR) is 76.7 cm³/mol. The number of hydrogen-bond donors (Lipinski definition) is 3. The number of nitrogens with two attached hydrogens (primary N) is 1. The van der Waals surface area contributed by atoms with Gasteiger partial charge in [-0.2, -0.15) is 0 Å². The Hall–Kier alpha value is -1.66. The second-order valence-corrected chi connectivity index (χ2v) is 4.70. The minimum atomic E-state index is 0.622. The summed E-state index contributed by atoms with van der Waals surface area (Å²) in [6.07, 6.45) is 0. The average Bonchev–Trinajstić information content (AvgIpc) is 2.36. The minimum absolute atomic E-state index is 0.622. The van der Waals surface area contributed by atoms with Gasteiger partial charge < -0.3 is 10.7 Å². The molecule has 6 heteroatoms. The van der Waals surface area contributed by atoms with E-state index in [9.17, 15) is 0 Å². The van der Waals surface area contributed by atoms with Crippen LogP contribution in [-0.4, -0.2) is 9.97 Å². The molecule has 0 unspecified atom stereocenters. The highest BCUT2D eigenvalue weighted by Crippen LogP contribution is 2.27. The molecule has 5 nitrogen and oxygen atoms in total. The lowest BCUT2D eigenvalue weighted by molar-refractivity contribution is 1.03. The first kappa shape index (κ1) is 12.8. The van der Waals surface area contributed by atoms with Gasteiger partial charge in [0, 0.05) is 10.0 Å². The smallest absolute Gasteiger partial charge is 0.148 e. The van der Waals surface area contributed by atoms with Crippen LogP contribution < -0.4 is 16.6 Å². The first-order chi connectivity index (χ1) is 8.61. The summed E-state index contributed by atoms with van der Waals surface area (Å²) in [7, 11) is 0. The van der Waals surface area contributed by atoms with Gasteiger partial charge in [0.05, 0.1) is 5.69 Å². The number of nitrogens with one attached hydrogen (secondary N) is 2. The van der Waals surface area contributed by atoms with Crippen molar-refractivity contribution in [3.05, 3.63) is 40.1 Å². The zero-order valence-corrected chi connectivity index (χ0v) is 11.7. The Morgan fingerprint density at radius 3 is 2.44 bits per heavy atom. The Kier molecular flexibility index (Phi) is 3.78. The molecule has 2 rings (SSSR count). The molecule has 1 aromatic heterocycles. The number of anilines is 3. The maximum atomic E-state index is 5.43. The van der Waals surface area contributed by atoms with Crippen molar-refractivity contribution in [2.75, 3.05) is 10.7 Å². The summed E-state index contributed by atoms with van der Waals surface area (Å²) < 4.78 is 0.975. The van der Waals surface area contributed by atoms with E-state index in [2.05, 4.69) is 36.6 Å². The lowest BCUT2D eigenvalue weighted by Gasteiger charge is -2.13. The Labute approximate surface area is 114 Å². The number of halogens is 1. The molecule has 0 saturated heterocycles. The van der Waals surface area contributed by atoms with Crippen LogP contribution in [0.2, 0.25) is 0 Å². The molecule has 0 spiro atoms. The quantitative estimate of drug-likeness (QED) is 0.600. The molecule has 0 radical (unpaired) electrons. The minimum Gasteiger partial charge on any atom is -0.339 e. The molecule has 0 bridgehead atoms. The zero-order chi connectivity index (χ0) is 13.1. The molecule has 1 aromatic carbocycles. The van der Waals surface area contributed by atoms with Crippen LogP contribution in [0, 0.1) is 13.8 Å². The molecule has 2 aromatic rings. The molecule has 18 heavy (non-hydrogen) atoms. The van der Waals surface area contributed by atoms with E-state index < -0.39 is 0 Å². The standard InChI is InChI=1S/C12H14BrN5/c1-7-11(15-8(2)16-12(7)18-14)17-10-6-4-3-5-9(10)13/h3-6H,14H2,1-2H3,(H2,15,16,17,18). The average molecular weight is 308 g/mol. The van der Waals surface area contributed by atoms with Crippen LogP contribution in [0.4, 0.5) is 17.3 Å². The van der Waals surface area contributed by atoms with E-state index in [4.69, 9.17) is 5.84 Å². The number of nitrogens with zero attached hydrogens (tertiary/aromatic N) is 2. The number of hydrogen-bond acceptors (Lipinski definition) is 5. The van der Waals surface area contributed by atoms with Crippen LogP contribution >= 0.6 is 15.9 Å². The van der Waals surface area contributed by atoms with E-state index in [-0.39, 0.29) is 0 Å². The molecule has 0 aliphatic heterocycles. The fourth-order valence-corrected chi connectivity index (χ4v) is 1.96. The van der Waals surface area contributed by atoms with Crippen molar-refractivity contribution in [1.82, 2.24) is 9.97 Å². The monoisotopic (exact) mass is 307 g/mol. The van der Waals surface area contributed by atoms with Crippen molar-refractivity contribution in [2.45, 2.75) is 13.8 Å². The van der Waals surface area contributed by atoms with Gasteiger partial charge in [-0.05, 0) is 41.9 Å². The molecule has 4 N–H and O–H groups in total. The van der Waals surface area contributed by atoms with Crippen LogP contribution in [0.3, 0.4) is 0 Å². The summed E-state index contributed by atoms with van der Waals surface area (Å²) in [6, 6.07) is 7.85. The molecule has 0 aliphatic rings. The van der Waals surface area contributed by atoms with Gasteiger partial charge in [-0.1, -0.05) is 12.1 Å². The third-order valence-corrected chi connectivity index (χ3v) is 3.21. The van der Waals surface area contributed by atoms with E-state index >= 15 is 0 Å². The highest BCUT2D eigenvalue weighted by molar-refractivity contribution is 9.10. The zero-order valence-electron chi connectivity index (χ0n) is 10.2. The number of benzene rings is 1. The number of nitrogen functional groups attached to an aromatic ring is 1. The van der Waals surface area contributed by atoms with Gasteiger partial charge in [0.15, 0.2) is 0 Å². The van der Waals surface area contributed by atoms with E-state index in [1.54, 1.807) is 0 Å². The van der Waals surface area contributed by atoms with Gasteiger partial charge in [-0.3, -0.25) is 0 Å². The summed E-state index contributed by atoms with van der Waals surface area (Å²) in [6.45, 7) is 3.74. The molecular weight excluding hydrogens is 294 g/mol. The van der Waals surface area contributed by atoms with Gasteiger partial charge in [0.25, 0.3) is 0 Å². The number of hydrazine groups is 1. The van der Waals surface area contributed by atoms with Crippen molar-refractivity contribution in [3.8, 4) is 0 Å². The highest BCUT2D eigenvalue weighted by Gasteiger charge is 2.09. The van der Waals surface area contributed by atoms with E-state index in [1.165, 1.54) is 0 Å². The first-order valence-corrected chi connectivity index (χ1v) is 6.24. The lowest BCUT2D eigenvalue weighted by Crippen LogP contribution is -2.13. The summed E-state index contributed by atoms with van der Waals surface area (Å²) >= 11 is 3.49. The van der Waals surface area contributed by atoms with Crippen molar-refractivity contribution in [3.63, 3.8) is 0 Å². The maximum absolute atomic E-state index is 5.43. The fraction of sp³-hybridized carbons (Fsp3) is 0.167. The summed E-state index contributed by atoms with van der Waals surface area (Å²) in [5.74, 6) is 7.45. The maximum Gasteiger partial charge on any atom is 0.148 e. The van der Waals surface area contributed by atoms with E-state index in [1.807, 2.05) is 38.1 Å². The molecular formula is C12H14BrN5. The summed E-state index contributed by atoms with van der Waals surface area (Å²) in [4.78, 5) is 8.60. The largest absolute Gasteiger partial charge is 0.339 e. The Bertz CT molecular complexity index is 570.